The van der Waals surface area contributed by atoms with E-state index in [-0.39, 0.29) is 18.6 Å². The minimum Gasteiger partial charge on any atom is -0.439 e. The molecule has 2 heterocycles. The standard InChI is InChI=1S/C25H28ClN3O4/c1-18-23(16-28(24(30)17-31-2)15-22-9-6-14-32-22)25(33-21-12-10-19(26)11-13-21)29(27-18)20-7-4-3-5-8-20/h3-5,7-8,10-13,22H,6,9,14-17H2,1-2H3/t22-/m1/s1. The Labute approximate surface area is 198 Å². The van der Waals surface area contributed by atoms with Crippen LogP contribution in [0, 0.1) is 6.92 Å². The fourth-order valence-electron chi connectivity index (χ4n) is 3.88. The largest absolute Gasteiger partial charge is 0.439 e. The number of halogens is 1. The van der Waals surface area contributed by atoms with Gasteiger partial charge < -0.3 is 19.1 Å². The Bertz CT molecular complexity index is 1060. The van der Waals surface area contributed by atoms with Crippen molar-refractivity contribution in [3.63, 3.8) is 0 Å². The molecule has 1 aliphatic heterocycles. The first-order valence-electron chi connectivity index (χ1n) is 11.0. The van der Waals surface area contributed by atoms with Crippen LogP contribution in [0.4, 0.5) is 0 Å². The first kappa shape index (κ1) is 23.3. The number of aryl methyl sites for hydroxylation is 1. The molecule has 33 heavy (non-hydrogen) atoms. The summed E-state index contributed by atoms with van der Waals surface area (Å²) < 4.78 is 19.0. The molecule has 1 aromatic heterocycles. The predicted molar refractivity (Wildman–Crippen MR) is 126 cm³/mol. The summed E-state index contributed by atoms with van der Waals surface area (Å²) in [6.07, 6.45) is 1.97. The zero-order chi connectivity index (χ0) is 23.2. The number of aromatic nitrogens is 2. The maximum absolute atomic E-state index is 12.9. The second-order valence-corrected chi connectivity index (χ2v) is 8.45. The minimum atomic E-state index is -0.0997. The van der Waals surface area contributed by atoms with Crippen molar-refractivity contribution in [2.45, 2.75) is 32.4 Å². The van der Waals surface area contributed by atoms with Crippen molar-refractivity contribution in [1.29, 1.82) is 0 Å². The van der Waals surface area contributed by atoms with Gasteiger partial charge in [0.2, 0.25) is 11.8 Å². The van der Waals surface area contributed by atoms with Gasteiger partial charge in [-0.15, -0.1) is 0 Å². The van der Waals surface area contributed by atoms with E-state index in [4.69, 9.17) is 30.9 Å². The Hall–Kier alpha value is -2.87. The third-order valence-electron chi connectivity index (χ3n) is 5.58. The zero-order valence-corrected chi connectivity index (χ0v) is 19.6. The number of rotatable bonds is 9. The summed E-state index contributed by atoms with van der Waals surface area (Å²) in [5, 5.41) is 5.38. The van der Waals surface area contributed by atoms with Gasteiger partial charge >= 0.3 is 0 Å². The number of carbonyl (C=O) groups is 1. The van der Waals surface area contributed by atoms with Gasteiger partial charge in [-0.05, 0) is 56.2 Å². The third kappa shape index (κ3) is 5.74. The Kier molecular flexibility index (Phi) is 7.65. The summed E-state index contributed by atoms with van der Waals surface area (Å²) in [6, 6.07) is 16.9. The lowest BCUT2D eigenvalue weighted by molar-refractivity contribution is -0.137. The summed E-state index contributed by atoms with van der Waals surface area (Å²) in [4.78, 5) is 14.7. The lowest BCUT2D eigenvalue weighted by Crippen LogP contribution is -2.39. The van der Waals surface area contributed by atoms with Crippen molar-refractivity contribution < 1.29 is 19.0 Å². The van der Waals surface area contributed by atoms with Gasteiger partial charge in [0.05, 0.1) is 29.6 Å². The Balaban J connectivity index is 1.71. The lowest BCUT2D eigenvalue weighted by atomic mass is 10.2. The van der Waals surface area contributed by atoms with Gasteiger partial charge in [-0.3, -0.25) is 4.79 Å². The number of hydrogen-bond acceptors (Lipinski definition) is 5. The molecule has 0 N–H and O–H groups in total. The van der Waals surface area contributed by atoms with Crippen LogP contribution in [-0.4, -0.2) is 53.6 Å². The summed E-state index contributed by atoms with van der Waals surface area (Å²) >= 11 is 6.05. The maximum atomic E-state index is 12.9. The lowest BCUT2D eigenvalue weighted by Gasteiger charge is -2.25. The van der Waals surface area contributed by atoms with Crippen molar-refractivity contribution >= 4 is 17.5 Å². The van der Waals surface area contributed by atoms with Crippen LogP contribution in [0.2, 0.25) is 5.02 Å². The fraction of sp³-hybridized carbons (Fsp3) is 0.360. The molecule has 2 aromatic carbocycles. The average molecular weight is 470 g/mol. The Morgan fingerprint density at radius 2 is 1.97 bits per heavy atom. The average Bonchev–Trinajstić information content (AvgIpc) is 3.44. The van der Waals surface area contributed by atoms with Crippen molar-refractivity contribution in [2.24, 2.45) is 0 Å². The van der Waals surface area contributed by atoms with E-state index in [9.17, 15) is 4.79 Å². The number of ether oxygens (including phenoxy) is 3. The Morgan fingerprint density at radius 1 is 1.21 bits per heavy atom. The van der Waals surface area contributed by atoms with Crippen molar-refractivity contribution in [2.75, 3.05) is 26.9 Å². The molecule has 0 saturated carbocycles. The van der Waals surface area contributed by atoms with E-state index in [1.807, 2.05) is 49.4 Å². The number of hydrogen-bond donors (Lipinski definition) is 0. The van der Waals surface area contributed by atoms with E-state index < -0.39 is 0 Å². The molecule has 3 aromatic rings. The smallest absolute Gasteiger partial charge is 0.248 e. The van der Waals surface area contributed by atoms with Crippen molar-refractivity contribution in [3.8, 4) is 17.3 Å². The second kappa shape index (κ2) is 10.8. The van der Waals surface area contributed by atoms with Crippen LogP contribution in [0.25, 0.3) is 5.69 Å². The van der Waals surface area contributed by atoms with Gasteiger partial charge in [0.25, 0.3) is 0 Å². The normalized spacial score (nSPS) is 15.5. The quantitative estimate of drug-likeness (QED) is 0.451. The highest BCUT2D eigenvalue weighted by atomic mass is 35.5. The molecule has 0 radical (unpaired) electrons. The molecular weight excluding hydrogens is 442 g/mol. The summed E-state index contributed by atoms with van der Waals surface area (Å²) in [5.41, 5.74) is 2.48. The van der Waals surface area contributed by atoms with Crippen LogP contribution in [0.1, 0.15) is 24.1 Å². The number of para-hydroxylation sites is 1. The van der Waals surface area contributed by atoms with Gasteiger partial charge in [0, 0.05) is 25.3 Å². The van der Waals surface area contributed by atoms with Gasteiger partial charge in [-0.1, -0.05) is 29.8 Å². The molecule has 8 heteroatoms. The molecule has 1 saturated heterocycles. The van der Waals surface area contributed by atoms with Gasteiger partial charge in [-0.2, -0.15) is 5.10 Å². The number of nitrogens with zero attached hydrogens (tertiary/aromatic N) is 3. The molecule has 0 aliphatic carbocycles. The molecule has 1 amide bonds. The third-order valence-corrected chi connectivity index (χ3v) is 5.84. The van der Waals surface area contributed by atoms with E-state index in [1.54, 1.807) is 21.7 Å². The van der Waals surface area contributed by atoms with Crippen LogP contribution in [0.5, 0.6) is 11.6 Å². The van der Waals surface area contributed by atoms with Crippen LogP contribution < -0.4 is 4.74 Å². The summed E-state index contributed by atoms with van der Waals surface area (Å²) in [5.74, 6) is 1.09. The zero-order valence-electron chi connectivity index (χ0n) is 18.9. The molecule has 0 bridgehead atoms. The SMILES string of the molecule is COCC(=O)N(Cc1c(C)nn(-c2ccccc2)c1Oc1ccc(Cl)cc1)C[C@H]1CCCO1. The summed E-state index contributed by atoms with van der Waals surface area (Å²) in [7, 11) is 1.52. The van der Waals surface area contributed by atoms with E-state index >= 15 is 0 Å². The summed E-state index contributed by atoms with van der Waals surface area (Å²) in [6.45, 7) is 3.50. The fourth-order valence-corrected chi connectivity index (χ4v) is 4.00. The first-order chi connectivity index (χ1) is 16.0. The van der Waals surface area contributed by atoms with Crippen LogP contribution in [0.15, 0.2) is 54.6 Å². The number of amides is 1. The van der Waals surface area contributed by atoms with Gasteiger partial charge in [-0.25, -0.2) is 4.68 Å². The molecule has 0 spiro atoms. The minimum absolute atomic E-state index is 0.00592. The van der Waals surface area contributed by atoms with E-state index in [1.165, 1.54) is 7.11 Å². The highest BCUT2D eigenvalue weighted by molar-refractivity contribution is 6.30. The van der Waals surface area contributed by atoms with Crippen LogP contribution in [-0.2, 0) is 20.8 Å². The number of methoxy groups -OCH3 is 1. The first-order valence-corrected chi connectivity index (χ1v) is 11.4. The molecular formula is C25H28ClN3O4. The molecule has 1 aliphatic rings. The highest BCUT2D eigenvalue weighted by Crippen LogP contribution is 2.32. The van der Waals surface area contributed by atoms with Crippen LogP contribution >= 0.6 is 11.6 Å². The van der Waals surface area contributed by atoms with Crippen molar-refractivity contribution in [3.05, 3.63) is 70.9 Å². The van der Waals surface area contributed by atoms with Gasteiger partial charge in [0.1, 0.15) is 12.4 Å². The molecule has 0 unspecified atom stereocenters. The number of carbonyl (C=O) groups excluding carboxylic acids is 1. The molecule has 4 rings (SSSR count). The molecule has 1 fully saturated rings. The van der Waals surface area contributed by atoms with E-state index in [0.717, 1.165) is 36.4 Å². The molecule has 1 atom stereocenters. The monoisotopic (exact) mass is 469 g/mol. The Morgan fingerprint density at radius 3 is 2.64 bits per heavy atom. The maximum Gasteiger partial charge on any atom is 0.248 e. The second-order valence-electron chi connectivity index (χ2n) is 8.01. The topological polar surface area (TPSA) is 65.8 Å². The molecule has 7 nitrogen and oxygen atoms in total. The predicted octanol–water partition coefficient (Wildman–Crippen LogP) is 4.78. The van der Waals surface area contributed by atoms with E-state index in [2.05, 4.69) is 0 Å². The van der Waals surface area contributed by atoms with Gasteiger partial charge in [0.15, 0.2) is 0 Å². The highest BCUT2D eigenvalue weighted by Gasteiger charge is 2.27. The molecule has 174 valence electrons. The number of benzene rings is 2. The van der Waals surface area contributed by atoms with E-state index in [0.29, 0.717) is 29.7 Å². The van der Waals surface area contributed by atoms with Crippen LogP contribution in [0.3, 0.4) is 0 Å². The van der Waals surface area contributed by atoms with Crippen molar-refractivity contribution in [1.82, 2.24) is 14.7 Å².